The average Bonchev–Trinajstić information content (AvgIpc) is 3.25. The van der Waals surface area contributed by atoms with E-state index in [0.29, 0.717) is 30.1 Å². The fourth-order valence-electron chi connectivity index (χ4n) is 4.20. The van der Waals surface area contributed by atoms with Gasteiger partial charge in [-0.05, 0) is 50.3 Å². The number of rotatable bonds is 18. The van der Waals surface area contributed by atoms with Crippen LogP contribution in [0.3, 0.4) is 0 Å². The van der Waals surface area contributed by atoms with Gasteiger partial charge in [0.25, 0.3) is 0 Å². The van der Waals surface area contributed by atoms with E-state index in [2.05, 4.69) is 17.6 Å². The van der Waals surface area contributed by atoms with E-state index in [4.69, 9.17) is 13.6 Å². The van der Waals surface area contributed by atoms with Crippen molar-refractivity contribution in [3.63, 3.8) is 0 Å². The number of carbonyl (C=O) groups excluding carboxylic acids is 4. The molecule has 2 N–H and O–H groups in total. The predicted octanol–water partition coefficient (Wildman–Crippen LogP) is 4.05. The van der Waals surface area contributed by atoms with Gasteiger partial charge in [0.2, 0.25) is 11.8 Å². The molecule has 1 aromatic heterocycles. The highest BCUT2D eigenvalue weighted by molar-refractivity contribution is 5.93. The molecule has 1 aromatic carbocycles. The van der Waals surface area contributed by atoms with E-state index in [0.717, 1.165) is 24.8 Å². The third-order valence-corrected chi connectivity index (χ3v) is 6.90. The number of unbranched alkanes of at least 4 members (excludes halogenated alkanes) is 2. The van der Waals surface area contributed by atoms with Crippen molar-refractivity contribution in [1.29, 1.82) is 0 Å². The molecule has 0 aliphatic carbocycles. The topological polar surface area (TPSA) is 145 Å². The summed E-state index contributed by atoms with van der Waals surface area (Å²) in [6.07, 6.45) is 3.83. The maximum atomic E-state index is 13.5. The van der Waals surface area contributed by atoms with Gasteiger partial charge in [0, 0.05) is 18.8 Å². The minimum absolute atomic E-state index is 0.0224. The van der Waals surface area contributed by atoms with Gasteiger partial charge in [-0.3, -0.25) is 19.2 Å². The van der Waals surface area contributed by atoms with Gasteiger partial charge in [-0.1, -0.05) is 52.2 Å². The van der Waals surface area contributed by atoms with Crippen LogP contribution < -0.4 is 21.2 Å². The van der Waals surface area contributed by atoms with Crippen molar-refractivity contribution in [2.75, 3.05) is 6.54 Å². The molecule has 0 bridgehead atoms. The molecule has 0 saturated carbocycles. The van der Waals surface area contributed by atoms with Crippen LogP contribution in [0.15, 0.2) is 37.9 Å². The Bertz CT molecular complexity index is 1180. The third kappa shape index (κ3) is 10.8. The monoisotopic (exact) mass is 558 g/mol. The molecule has 3 unspecified atom stereocenters. The normalized spacial score (nSPS) is 13.2. The van der Waals surface area contributed by atoms with Crippen molar-refractivity contribution in [3.8, 4) is 5.75 Å². The molecule has 0 radical (unpaired) electrons. The number of ether oxygens (including phenoxy) is 1. The van der Waals surface area contributed by atoms with E-state index >= 15 is 0 Å². The lowest BCUT2D eigenvalue weighted by Crippen LogP contribution is -2.45. The Balaban J connectivity index is 2.14. The Hall–Kier alpha value is -3.69. The summed E-state index contributed by atoms with van der Waals surface area (Å²) in [6, 6.07) is 6.23. The van der Waals surface area contributed by atoms with Crippen molar-refractivity contribution in [2.24, 2.45) is 11.8 Å². The van der Waals surface area contributed by atoms with E-state index in [1.165, 1.54) is 6.92 Å². The summed E-state index contributed by atoms with van der Waals surface area (Å²) in [7, 11) is 0. The lowest BCUT2D eigenvalue weighted by molar-refractivity contribution is -0.133. The van der Waals surface area contributed by atoms with Crippen LogP contribution in [0.5, 0.6) is 5.75 Å². The summed E-state index contributed by atoms with van der Waals surface area (Å²) in [5.41, 5.74) is 0.798. The molecule has 2 amide bonds. The van der Waals surface area contributed by atoms with Crippen LogP contribution in [0.2, 0.25) is 0 Å². The van der Waals surface area contributed by atoms with E-state index in [1.807, 2.05) is 13.8 Å². The number of hydrogen-bond donors (Lipinski definition) is 2. The standard InChI is InChI=1S/C30H42N2O8/c1-6-8-9-10-28(35)32-25(26(34)16-24(19(3)7-2)29(36)31-17-20(4)33)15-22-11-13-23(14-12-22)38-18-27-21(5)39-30(37)40-27/h11-14,19,24-25H,6-10,15-18H2,1-5H3,(H,31,36)(H,32,35). The molecular weight excluding hydrogens is 516 g/mol. The maximum absolute atomic E-state index is 13.5. The van der Waals surface area contributed by atoms with Crippen LogP contribution in [0.1, 0.15) is 83.3 Å². The molecule has 10 nitrogen and oxygen atoms in total. The van der Waals surface area contributed by atoms with Gasteiger partial charge in [-0.25, -0.2) is 4.79 Å². The van der Waals surface area contributed by atoms with Gasteiger partial charge >= 0.3 is 5.82 Å². The number of amides is 2. The number of carbonyl (C=O) groups is 4. The predicted molar refractivity (Wildman–Crippen MR) is 149 cm³/mol. The Kier molecular flexibility index (Phi) is 13.4. The van der Waals surface area contributed by atoms with E-state index < -0.39 is 17.8 Å². The molecule has 2 aromatic rings. The first-order valence-electron chi connectivity index (χ1n) is 13.9. The molecule has 1 heterocycles. The quantitative estimate of drug-likeness (QED) is 0.261. The highest BCUT2D eigenvalue weighted by atomic mass is 16.6. The number of Topliss-reactive ketones (excluding diaryl/α,β-unsaturated/α-hetero) is 2. The minimum atomic E-state index is -0.809. The highest BCUT2D eigenvalue weighted by Crippen LogP contribution is 2.22. The molecule has 0 spiro atoms. The average molecular weight is 559 g/mol. The van der Waals surface area contributed by atoms with Gasteiger partial charge < -0.3 is 24.2 Å². The Labute approximate surface area is 235 Å². The fourth-order valence-corrected chi connectivity index (χ4v) is 4.20. The Morgan fingerprint density at radius 1 is 1.02 bits per heavy atom. The number of nitrogens with one attached hydrogen (secondary N) is 2. The molecule has 220 valence electrons. The summed E-state index contributed by atoms with van der Waals surface area (Å²) in [5.74, 6) is -1.26. The van der Waals surface area contributed by atoms with Gasteiger partial charge in [0.1, 0.15) is 18.1 Å². The SMILES string of the molecule is CCCCCC(=O)NC(Cc1ccc(OCc2oc(=O)oc2C)cc1)C(=O)CC(C(=O)NCC(C)=O)C(C)CC. The lowest BCUT2D eigenvalue weighted by Gasteiger charge is -2.25. The van der Waals surface area contributed by atoms with Crippen molar-refractivity contribution < 1.29 is 32.7 Å². The molecule has 2 rings (SSSR count). The summed E-state index contributed by atoms with van der Waals surface area (Å²) >= 11 is 0. The Morgan fingerprint density at radius 3 is 2.30 bits per heavy atom. The van der Waals surface area contributed by atoms with Crippen molar-refractivity contribution in [2.45, 2.75) is 92.2 Å². The number of aryl methyl sites for hydroxylation is 1. The molecule has 0 aliphatic heterocycles. The van der Waals surface area contributed by atoms with Crippen LogP contribution in [0.25, 0.3) is 0 Å². The number of hydrogen-bond acceptors (Lipinski definition) is 8. The van der Waals surface area contributed by atoms with Gasteiger partial charge in [-0.15, -0.1) is 0 Å². The maximum Gasteiger partial charge on any atom is 0.519 e. The second-order valence-corrected chi connectivity index (χ2v) is 10.2. The first-order valence-corrected chi connectivity index (χ1v) is 13.9. The molecule has 40 heavy (non-hydrogen) atoms. The van der Waals surface area contributed by atoms with Crippen LogP contribution in [-0.4, -0.2) is 36.0 Å². The number of ketones is 2. The second kappa shape index (κ2) is 16.4. The van der Waals surface area contributed by atoms with E-state index in [-0.39, 0.29) is 55.3 Å². The van der Waals surface area contributed by atoms with Crippen molar-refractivity contribution in [3.05, 3.63) is 52.0 Å². The van der Waals surface area contributed by atoms with Crippen LogP contribution in [0.4, 0.5) is 0 Å². The lowest BCUT2D eigenvalue weighted by atomic mass is 9.84. The molecule has 3 atom stereocenters. The number of benzene rings is 1. The molecule has 10 heteroatoms. The van der Waals surface area contributed by atoms with Crippen LogP contribution in [0, 0.1) is 18.8 Å². The molecule has 0 aliphatic rings. The molecule has 0 saturated heterocycles. The second-order valence-electron chi connectivity index (χ2n) is 10.2. The zero-order chi connectivity index (χ0) is 29.7. The summed E-state index contributed by atoms with van der Waals surface area (Å²) in [5, 5.41) is 5.52. The molecule has 0 fully saturated rings. The van der Waals surface area contributed by atoms with Gasteiger partial charge in [0.05, 0.1) is 12.6 Å². The first-order chi connectivity index (χ1) is 19.0. The Morgan fingerprint density at radius 2 is 1.73 bits per heavy atom. The largest absolute Gasteiger partial charge is 0.519 e. The smallest absolute Gasteiger partial charge is 0.486 e. The third-order valence-electron chi connectivity index (χ3n) is 6.90. The first kappa shape index (κ1) is 32.5. The summed E-state index contributed by atoms with van der Waals surface area (Å²) in [4.78, 5) is 61.6. The summed E-state index contributed by atoms with van der Waals surface area (Å²) < 4.78 is 15.4. The van der Waals surface area contributed by atoms with Crippen molar-refractivity contribution in [1.82, 2.24) is 10.6 Å². The zero-order valence-corrected chi connectivity index (χ0v) is 24.2. The minimum Gasteiger partial charge on any atom is -0.486 e. The zero-order valence-electron chi connectivity index (χ0n) is 24.2. The van der Waals surface area contributed by atoms with Crippen LogP contribution >= 0.6 is 0 Å². The van der Waals surface area contributed by atoms with Crippen LogP contribution in [-0.2, 0) is 32.2 Å². The van der Waals surface area contributed by atoms with E-state index in [1.54, 1.807) is 31.2 Å². The van der Waals surface area contributed by atoms with E-state index in [9.17, 15) is 24.0 Å². The van der Waals surface area contributed by atoms with Gasteiger partial charge in [0.15, 0.2) is 17.3 Å². The molecular formula is C30H42N2O8. The summed E-state index contributed by atoms with van der Waals surface area (Å²) in [6.45, 7) is 8.83. The fraction of sp³-hybridized carbons (Fsp3) is 0.567. The van der Waals surface area contributed by atoms with Gasteiger partial charge in [-0.2, -0.15) is 0 Å². The highest BCUT2D eigenvalue weighted by Gasteiger charge is 2.31. The van der Waals surface area contributed by atoms with Crippen molar-refractivity contribution >= 4 is 23.4 Å².